The molecular formula is C18H25FN2O3. The number of aliphatic hydroxyl groups is 1. The number of aliphatic hydroxyl groups excluding tert-OH is 1. The van der Waals surface area contributed by atoms with Gasteiger partial charge in [0.2, 0.25) is 11.8 Å². The van der Waals surface area contributed by atoms with Crippen LogP contribution in [0.15, 0.2) is 24.3 Å². The molecule has 1 aromatic carbocycles. The van der Waals surface area contributed by atoms with Crippen molar-refractivity contribution >= 4 is 11.8 Å². The Morgan fingerprint density at radius 1 is 1.42 bits per heavy atom. The molecule has 0 aromatic heterocycles. The second-order valence-corrected chi connectivity index (χ2v) is 7.14. The molecule has 0 saturated carbocycles. The van der Waals surface area contributed by atoms with E-state index in [0.717, 1.165) is 0 Å². The maximum Gasteiger partial charge on any atom is 0.224 e. The molecule has 2 N–H and O–H groups in total. The predicted molar refractivity (Wildman–Crippen MR) is 88.4 cm³/mol. The summed E-state index contributed by atoms with van der Waals surface area (Å²) in [4.78, 5) is 26.0. The van der Waals surface area contributed by atoms with Crippen LogP contribution in [0.5, 0.6) is 0 Å². The van der Waals surface area contributed by atoms with Gasteiger partial charge in [0, 0.05) is 43.6 Å². The second kappa shape index (κ2) is 7.75. The maximum absolute atomic E-state index is 13.8. The van der Waals surface area contributed by atoms with E-state index < -0.39 is 0 Å². The highest BCUT2D eigenvalue weighted by Crippen LogP contribution is 2.21. The van der Waals surface area contributed by atoms with Crippen molar-refractivity contribution in [3.63, 3.8) is 0 Å². The topological polar surface area (TPSA) is 69.6 Å². The molecule has 1 atom stereocenters. The molecule has 0 radical (unpaired) electrons. The third kappa shape index (κ3) is 4.77. The van der Waals surface area contributed by atoms with Crippen molar-refractivity contribution < 1.29 is 19.1 Å². The summed E-state index contributed by atoms with van der Waals surface area (Å²) in [5, 5.41) is 12.1. The molecule has 2 amide bonds. The molecule has 132 valence electrons. The van der Waals surface area contributed by atoms with Crippen LogP contribution in [0.25, 0.3) is 0 Å². The standard InChI is InChI=1S/C18H25FN2O3/c1-18(2,12-22)11-20-17(24)14-7-8-16(23)21(10-14)9-13-5-3-4-6-15(13)19/h3-6,14,22H,7-12H2,1-2H3,(H,20,24)/t14-/m0/s1. The van der Waals surface area contributed by atoms with Crippen molar-refractivity contribution in [1.82, 2.24) is 10.2 Å². The molecule has 1 fully saturated rings. The number of benzene rings is 1. The van der Waals surface area contributed by atoms with Crippen molar-refractivity contribution in [2.75, 3.05) is 19.7 Å². The molecule has 6 heteroatoms. The van der Waals surface area contributed by atoms with Gasteiger partial charge in [-0.1, -0.05) is 32.0 Å². The van der Waals surface area contributed by atoms with Gasteiger partial charge in [-0.15, -0.1) is 0 Å². The van der Waals surface area contributed by atoms with Gasteiger partial charge in [-0.25, -0.2) is 4.39 Å². The fourth-order valence-electron chi connectivity index (χ4n) is 2.64. The lowest BCUT2D eigenvalue weighted by Gasteiger charge is -2.33. The lowest BCUT2D eigenvalue weighted by Crippen LogP contribution is -2.47. The summed E-state index contributed by atoms with van der Waals surface area (Å²) in [5.41, 5.74) is 0.0702. The highest BCUT2D eigenvalue weighted by Gasteiger charge is 2.31. The van der Waals surface area contributed by atoms with E-state index in [9.17, 15) is 19.1 Å². The molecule has 5 nitrogen and oxygen atoms in total. The molecule has 0 spiro atoms. The summed E-state index contributed by atoms with van der Waals surface area (Å²) in [5.74, 6) is -0.828. The third-order valence-corrected chi connectivity index (χ3v) is 4.36. The molecule has 0 bridgehead atoms. The van der Waals surface area contributed by atoms with Gasteiger partial charge in [0.25, 0.3) is 0 Å². The van der Waals surface area contributed by atoms with Crippen molar-refractivity contribution in [3.05, 3.63) is 35.6 Å². The van der Waals surface area contributed by atoms with Gasteiger partial charge in [-0.2, -0.15) is 0 Å². The van der Waals surface area contributed by atoms with Crippen molar-refractivity contribution in [1.29, 1.82) is 0 Å². The van der Waals surface area contributed by atoms with E-state index in [2.05, 4.69) is 5.32 Å². The summed E-state index contributed by atoms with van der Waals surface area (Å²) in [7, 11) is 0. The van der Waals surface area contributed by atoms with Crippen LogP contribution >= 0.6 is 0 Å². The third-order valence-electron chi connectivity index (χ3n) is 4.36. The molecule has 2 rings (SSSR count). The average molecular weight is 336 g/mol. The minimum atomic E-state index is -0.382. The fraction of sp³-hybridized carbons (Fsp3) is 0.556. The van der Waals surface area contributed by atoms with Crippen LogP contribution < -0.4 is 5.32 Å². The molecule has 1 saturated heterocycles. The number of rotatable bonds is 6. The molecule has 1 heterocycles. The Morgan fingerprint density at radius 2 is 2.12 bits per heavy atom. The summed E-state index contributed by atoms with van der Waals surface area (Å²) in [6.45, 7) is 4.55. The van der Waals surface area contributed by atoms with E-state index >= 15 is 0 Å². The Hall–Kier alpha value is -1.95. The van der Waals surface area contributed by atoms with Gasteiger partial charge in [-0.3, -0.25) is 9.59 Å². The first-order chi connectivity index (χ1) is 11.3. The Balaban J connectivity index is 1.96. The number of carbonyl (C=O) groups is 2. The van der Waals surface area contributed by atoms with E-state index in [4.69, 9.17) is 0 Å². The number of nitrogens with zero attached hydrogens (tertiary/aromatic N) is 1. The normalized spacial score (nSPS) is 18.6. The van der Waals surface area contributed by atoms with E-state index in [1.165, 1.54) is 6.07 Å². The number of carbonyl (C=O) groups excluding carboxylic acids is 2. The first-order valence-electron chi connectivity index (χ1n) is 8.22. The number of hydrogen-bond acceptors (Lipinski definition) is 3. The number of hydrogen-bond donors (Lipinski definition) is 2. The first-order valence-corrected chi connectivity index (χ1v) is 8.22. The van der Waals surface area contributed by atoms with Crippen molar-refractivity contribution in [3.8, 4) is 0 Å². The first kappa shape index (κ1) is 18.4. The van der Waals surface area contributed by atoms with E-state index in [0.29, 0.717) is 25.1 Å². The molecule has 1 aromatic rings. The van der Waals surface area contributed by atoms with E-state index in [-0.39, 0.29) is 48.5 Å². The SMILES string of the molecule is CC(C)(CO)CNC(=O)[C@H]1CCC(=O)N(Cc2ccccc2F)C1. The van der Waals surface area contributed by atoms with Crippen LogP contribution in [0.3, 0.4) is 0 Å². The second-order valence-electron chi connectivity index (χ2n) is 7.14. The van der Waals surface area contributed by atoms with Gasteiger partial charge in [0.1, 0.15) is 5.82 Å². The smallest absolute Gasteiger partial charge is 0.224 e. The Morgan fingerprint density at radius 3 is 2.79 bits per heavy atom. The quantitative estimate of drug-likeness (QED) is 0.831. The lowest BCUT2D eigenvalue weighted by molar-refractivity contribution is -0.139. The zero-order valence-corrected chi connectivity index (χ0v) is 14.2. The van der Waals surface area contributed by atoms with Crippen LogP contribution in [0, 0.1) is 17.2 Å². The summed E-state index contributed by atoms with van der Waals surface area (Å²) >= 11 is 0. The molecule has 24 heavy (non-hydrogen) atoms. The number of nitrogens with one attached hydrogen (secondary N) is 1. The largest absolute Gasteiger partial charge is 0.396 e. The molecule has 1 aliphatic heterocycles. The number of halogens is 1. The van der Waals surface area contributed by atoms with Gasteiger partial charge in [0.15, 0.2) is 0 Å². The predicted octanol–water partition coefficient (Wildman–Crippen LogP) is 1.70. The minimum Gasteiger partial charge on any atom is -0.396 e. The Labute approximate surface area is 141 Å². The van der Waals surface area contributed by atoms with Gasteiger partial charge in [0.05, 0.1) is 5.92 Å². The highest BCUT2D eigenvalue weighted by molar-refractivity contribution is 5.83. The van der Waals surface area contributed by atoms with Gasteiger partial charge < -0.3 is 15.3 Å². The van der Waals surface area contributed by atoms with Gasteiger partial charge >= 0.3 is 0 Å². The number of likely N-dealkylation sites (tertiary alicyclic amines) is 1. The Kier molecular flexibility index (Phi) is 5.94. The van der Waals surface area contributed by atoms with Crippen LogP contribution in [-0.4, -0.2) is 41.5 Å². The molecule has 0 unspecified atom stereocenters. The van der Waals surface area contributed by atoms with E-state index in [1.807, 2.05) is 13.8 Å². The van der Waals surface area contributed by atoms with Crippen LogP contribution in [0.1, 0.15) is 32.3 Å². The monoisotopic (exact) mass is 336 g/mol. The number of amides is 2. The maximum atomic E-state index is 13.8. The summed E-state index contributed by atoms with van der Waals surface area (Å²) < 4.78 is 13.8. The summed E-state index contributed by atoms with van der Waals surface area (Å²) in [6, 6.07) is 6.35. The number of piperidine rings is 1. The molecular weight excluding hydrogens is 311 g/mol. The zero-order valence-electron chi connectivity index (χ0n) is 14.2. The summed E-state index contributed by atoms with van der Waals surface area (Å²) in [6.07, 6.45) is 0.786. The molecule has 1 aliphatic rings. The molecule has 0 aliphatic carbocycles. The lowest BCUT2D eigenvalue weighted by atomic mass is 9.93. The Bertz CT molecular complexity index is 604. The van der Waals surface area contributed by atoms with Crippen molar-refractivity contribution in [2.24, 2.45) is 11.3 Å². The van der Waals surface area contributed by atoms with Crippen LogP contribution in [0.4, 0.5) is 4.39 Å². The highest BCUT2D eigenvalue weighted by atomic mass is 19.1. The van der Waals surface area contributed by atoms with Gasteiger partial charge in [-0.05, 0) is 12.5 Å². The zero-order chi connectivity index (χ0) is 17.7. The van der Waals surface area contributed by atoms with Crippen molar-refractivity contribution in [2.45, 2.75) is 33.2 Å². The van der Waals surface area contributed by atoms with E-state index in [1.54, 1.807) is 23.1 Å². The van der Waals surface area contributed by atoms with Crippen LogP contribution in [-0.2, 0) is 16.1 Å². The average Bonchev–Trinajstić information content (AvgIpc) is 2.56. The fourth-order valence-corrected chi connectivity index (χ4v) is 2.64. The van der Waals surface area contributed by atoms with Crippen LogP contribution in [0.2, 0.25) is 0 Å². The minimum absolute atomic E-state index is 0.0180.